The first-order valence-corrected chi connectivity index (χ1v) is 8.38. The van der Waals surface area contributed by atoms with Crippen LogP contribution in [0.4, 0.5) is 5.69 Å². The fraction of sp³-hybridized carbons (Fsp3) is 0.150. The van der Waals surface area contributed by atoms with Gasteiger partial charge in [-0.15, -0.1) is 0 Å². The Labute approximate surface area is 155 Å². The lowest BCUT2D eigenvalue weighted by Gasteiger charge is -2.07. The van der Waals surface area contributed by atoms with Crippen molar-refractivity contribution in [3.8, 4) is 0 Å². The number of carbonyl (C=O) groups excluding carboxylic acids is 3. The molecule has 1 aromatic heterocycles. The van der Waals surface area contributed by atoms with Gasteiger partial charge in [0.05, 0.1) is 12.2 Å². The molecule has 0 aliphatic heterocycles. The van der Waals surface area contributed by atoms with Gasteiger partial charge in [0, 0.05) is 16.6 Å². The molecule has 0 aliphatic rings. The summed E-state index contributed by atoms with van der Waals surface area (Å²) in [6.07, 6.45) is 0. The quantitative estimate of drug-likeness (QED) is 0.653. The number of fused-ring (bicyclic) bond motifs is 1. The van der Waals surface area contributed by atoms with E-state index in [0.29, 0.717) is 17.9 Å². The summed E-state index contributed by atoms with van der Waals surface area (Å²) < 4.78 is 9.92. The topological polar surface area (TPSA) is 97.5 Å². The van der Waals surface area contributed by atoms with Crippen molar-refractivity contribution in [1.82, 2.24) is 4.98 Å². The Morgan fingerprint density at radius 2 is 1.70 bits per heavy atom. The minimum Gasteiger partial charge on any atom is -0.462 e. The highest BCUT2D eigenvalue weighted by molar-refractivity contribution is 5.98. The lowest BCUT2D eigenvalue weighted by molar-refractivity contribution is -0.119. The van der Waals surface area contributed by atoms with Crippen molar-refractivity contribution in [2.24, 2.45) is 0 Å². The summed E-state index contributed by atoms with van der Waals surface area (Å²) in [5, 5.41) is 3.48. The normalized spacial score (nSPS) is 10.4. The zero-order valence-electron chi connectivity index (χ0n) is 14.7. The number of anilines is 1. The standard InChI is InChI=1S/C20H18N2O5/c1-2-26-19(24)13-7-9-15(10-8-13)21-18(23)12-27-20(25)17-11-14-5-3-4-6-16(14)22-17/h3-11,22H,2,12H2,1H3,(H,21,23). The molecule has 1 amide bonds. The minimum atomic E-state index is -0.612. The number of carbonyl (C=O) groups is 3. The number of aromatic amines is 1. The third kappa shape index (κ3) is 4.52. The van der Waals surface area contributed by atoms with Gasteiger partial charge in [-0.25, -0.2) is 9.59 Å². The predicted molar refractivity (Wildman–Crippen MR) is 99.6 cm³/mol. The molecule has 2 aromatic carbocycles. The highest BCUT2D eigenvalue weighted by atomic mass is 16.5. The van der Waals surface area contributed by atoms with Crippen molar-refractivity contribution in [2.45, 2.75) is 6.92 Å². The van der Waals surface area contributed by atoms with E-state index in [1.54, 1.807) is 37.3 Å². The van der Waals surface area contributed by atoms with Gasteiger partial charge in [0.2, 0.25) is 0 Å². The Morgan fingerprint density at radius 3 is 2.41 bits per heavy atom. The average molecular weight is 366 g/mol. The number of esters is 2. The Kier molecular flexibility index (Phi) is 5.51. The SMILES string of the molecule is CCOC(=O)c1ccc(NC(=O)COC(=O)c2cc3ccccc3[nH]2)cc1. The van der Waals surface area contributed by atoms with Crippen LogP contribution in [0.3, 0.4) is 0 Å². The molecule has 138 valence electrons. The van der Waals surface area contributed by atoms with Gasteiger partial charge >= 0.3 is 11.9 Å². The molecule has 7 heteroatoms. The summed E-state index contributed by atoms with van der Waals surface area (Å²) in [5.41, 5.74) is 1.97. The first-order chi connectivity index (χ1) is 13.1. The summed E-state index contributed by atoms with van der Waals surface area (Å²) in [6.45, 7) is 1.59. The Bertz CT molecular complexity index is 942. The fourth-order valence-electron chi connectivity index (χ4n) is 2.49. The number of para-hydroxylation sites is 1. The maximum absolute atomic E-state index is 12.1. The van der Waals surface area contributed by atoms with Gasteiger partial charge < -0.3 is 19.8 Å². The minimum absolute atomic E-state index is 0.280. The second kappa shape index (κ2) is 8.18. The van der Waals surface area contributed by atoms with Crippen LogP contribution in [0.2, 0.25) is 0 Å². The highest BCUT2D eigenvalue weighted by Crippen LogP contribution is 2.15. The van der Waals surface area contributed by atoms with Crippen molar-refractivity contribution in [2.75, 3.05) is 18.5 Å². The van der Waals surface area contributed by atoms with Crippen LogP contribution in [0.25, 0.3) is 10.9 Å². The summed E-state index contributed by atoms with van der Waals surface area (Å²) in [5.74, 6) is -1.52. The first-order valence-electron chi connectivity index (χ1n) is 8.38. The molecule has 2 N–H and O–H groups in total. The fourth-order valence-corrected chi connectivity index (χ4v) is 2.49. The largest absolute Gasteiger partial charge is 0.462 e. The highest BCUT2D eigenvalue weighted by Gasteiger charge is 2.13. The van der Waals surface area contributed by atoms with E-state index in [2.05, 4.69) is 10.3 Å². The van der Waals surface area contributed by atoms with Crippen LogP contribution < -0.4 is 5.32 Å². The number of aromatic nitrogens is 1. The molecule has 0 saturated carbocycles. The number of benzene rings is 2. The molecule has 0 unspecified atom stereocenters. The third-order valence-electron chi connectivity index (χ3n) is 3.76. The van der Waals surface area contributed by atoms with Crippen molar-refractivity contribution >= 4 is 34.4 Å². The van der Waals surface area contributed by atoms with Gasteiger partial charge in [-0.05, 0) is 43.3 Å². The maximum atomic E-state index is 12.1. The molecule has 0 fully saturated rings. The molecule has 3 rings (SSSR count). The van der Waals surface area contributed by atoms with E-state index in [1.165, 1.54) is 0 Å². The van der Waals surface area contributed by atoms with Crippen molar-refractivity contribution in [3.63, 3.8) is 0 Å². The van der Waals surface area contributed by atoms with Crippen LogP contribution >= 0.6 is 0 Å². The summed E-state index contributed by atoms with van der Waals surface area (Å²) >= 11 is 0. The number of rotatable bonds is 6. The zero-order valence-corrected chi connectivity index (χ0v) is 14.7. The molecule has 0 atom stereocenters. The van der Waals surface area contributed by atoms with E-state index in [9.17, 15) is 14.4 Å². The molecule has 1 heterocycles. The van der Waals surface area contributed by atoms with E-state index in [-0.39, 0.29) is 5.69 Å². The van der Waals surface area contributed by atoms with Gasteiger partial charge in [-0.1, -0.05) is 18.2 Å². The molecule has 0 saturated heterocycles. The van der Waals surface area contributed by atoms with Crippen LogP contribution in [0.5, 0.6) is 0 Å². The maximum Gasteiger partial charge on any atom is 0.355 e. The van der Waals surface area contributed by atoms with E-state index < -0.39 is 24.5 Å². The molecular formula is C20H18N2O5. The summed E-state index contributed by atoms with van der Waals surface area (Å²) in [7, 11) is 0. The van der Waals surface area contributed by atoms with Crippen molar-refractivity contribution in [1.29, 1.82) is 0 Å². The van der Waals surface area contributed by atoms with Crippen LogP contribution in [0.1, 0.15) is 27.8 Å². The average Bonchev–Trinajstić information content (AvgIpc) is 3.11. The van der Waals surface area contributed by atoms with Gasteiger partial charge in [0.25, 0.3) is 5.91 Å². The molecule has 0 radical (unpaired) electrons. The van der Waals surface area contributed by atoms with Crippen LogP contribution in [0, 0.1) is 0 Å². The number of amides is 1. The number of hydrogen-bond acceptors (Lipinski definition) is 5. The lowest BCUT2D eigenvalue weighted by atomic mass is 10.2. The van der Waals surface area contributed by atoms with Gasteiger partial charge in [0.15, 0.2) is 6.61 Å². The monoisotopic (exact) mass is 366 g/mol. The van der Waals surface area contributed by atoms with E-state index in [1.807, 2.05) is 24.3 Å². The zero-order chi connectivity index (χ0) is 19.2. The van der Waals surface area contributed by atoms with Crippen LogP contribution in [0.15, 0.2) is 54.6 Å². The molecule has 7 nitrogen and oxygen atoms in total. The molecular weight excluding hydrogens is 348 g/mol. The van der Waals surface area contributed by atoms with E-state index in [0.717, 1.165) is 10.9 Å². The second-order valence-corrected chi connectivity index (χ2v) is 5.69. The van der Waals surface area contributed by atoms with E-state index in [4.69, 9.17) is 9.47 Å². The number of ether oxygens (including phenoxy) is 2. The molecule has 0 aliphatic carbocycles. The molecule has 27 heavy (non-hydrogen) atoms. The Balaban J connectivity index is 1.53. The molecule has 0 bridgehead atoms. The lowest BCUT2D eigenvalue weighted by Crippen LogP contribution is -2.21. The molecule has 0 spiro atoms. The van der Waals surface area contributed by atoms with Gasteiger partial charge in [-0.2, -0.15) is 0 Å². The Morgan fingerprint density at radius 1 is 0.963 bits per heavy atom. The van der Waals surface area contributed by atoms with E-state index >= 15 is 0 Å². The predicted octanol–water partition coefficient (Wildman–Crippen LogP) is 3.14. The summed E-state index contributed by atoms with van der Waals surface area (Å²) in [6, 6.07) is 15.3. The molecule has 3 aromatic rings. The third-order valence-corrected chi connectivity index (χ3v) is 3.76. The number of nitrogens with one attached hydrogen (secondary N) is 2. The van der Waals surface area contributed by atoms with Crippen LogP contribution in [-0.2, 0) is 14.3 Å². The smallest absolute Gasteiger partial charge is 0.355 e. The number of H-pyrrole nitrogens is 1. The Hall–Kier alpha value is -3.61. The van der Waals surface area contributed by atoms with Crippen molar-refractivity contribution in [3.05, 3.63) is 65.9 Å². The van der Waals surface area contributed by atoms with Gasteiger partial charge in [-0.3, -0.25) is 4.79 Å². The van der Waals surface area contributed by atoms with Gasteiger partial charge in [0.1, 0.15) is 5.69 Å². The van der Waals surface area contributed by atoms with Crippen LogP contribution in [-0.4, -0.2) is 36.0 Å². The second-order valence-electron chi connectivity index (χ2n) is 5.69. The number of hydrogen-bond donors (Lipinski definition) is 2. The van der Waals surface area contributed by atoms with Crippen molar-refractivity contribution < 1.29 is 23.9 Å². The summed E-state index contributed by atoms with van der Waals surface area (Å²) in [4.78, 5) is 38.5. The first kappa shape index (κ1) is 18.2.